The molecular formula is C21H18N2O6. The van der Waals surface area contributed by atoms with Crippen molar-refractivity contribution in [3.63, 3.8) is 0 Å². The van der Waals surface area contributed by atoms with E-state index in [1.165, 1.54) is 0 Å². The summed E-state index contributed by atoms with van der Waals surface area (Å²) < 4.78 is 10.5. The number of benzene rings is 2. The number of ether oxygens (including phenoxy) is 2. The van der Waals surface area contributed by atoms with Crippen LogP contribution in [0.25, 0.3) is 6.08 Å². The molecule has 2 aromatic carbocycles. The van der Waals surface area contributed by atoms with Gasteiger partial charge in [0.1, 0.15) is 0 Å². The minimum Gasteiger partial charge on any atom is -0.481 e. The number of carboxylic acid groups (broad SMARTS) is 1. The first-order valence-corrected chi connectivity index (χ1v) is 8.95. The average molecular weight is 394 g/mol. The van der Waals surface area contributed by atoms with Crippen LogP contribution in [0.1, 0.15) is 18.4 Å². The van der Waals surface area contributed by atoms with Crippen LogP contribution in [0, 0.1) is 0 Å². The van der Waals surface area contributed by atoms with E-state index in [0.717, 1.165) is 5.56 Å². The van der Waals surface area contributed by atoms with Gasteiger partial charge in [-0.3, -0.25) is 9.59 Å². The quantitative estimate of drug-likeness (QED) is 0.780. The predicted octanol–water partition coefficient (Wildman–Crippen LogP) is 3.06. The molecule has 8 nitrogen and oxygen atoms in total. The fourth-order valence-corrected chi connectivity index (χ4v) is 3.11. The fourth-order valence-electron chi connectivity index (χ4n) is 3.11. The first kappa shape index (κ1) is 18.5. The van der Waals surface area contributed by atoms with Crippen molar-refractivity contribution < 1.29 is 29.0 Å². The monoisotopic (exact) mass is 394 g/mol. The Labute approximate surface area is 166 Å². The summed E-state index contributed by atoms with van der Waals surface area (Å²) in [5, 5.41) is 15.9. The van der Waals surface area contributed by atoms with Gasteiger partial charge in [-0.25, -0.2) is 0 Å². The standard InChI is InChI=1S/C21H18N2O6/c24-19(25)12-21(11-16(23-29-21)7-6-14-4-2-1-3-5-14)20(26)22-15-8-9-17-18(10-15)28-13-27-17/h1-10H,11-13H2,(H,22,26)(H,24,25). The molecule has 1 atom stereocenters. The minimum absolute atomic E-state index is 0.0407. The van der Waals surface area contributed by atoms with Gasteiger partial charge < -0.3 is 24.7 Å². The highest BCUT2D eigenvalue weighted by molar-refractivity contribution is 6.08. The topological polar surface area (TPSA) is 106 Å². The van der Waals surface area contributed by atoms with Gasteiger partial charge in [-0.15, -0.1) is 0 Å². The van der Waals surface area contributed by atoms with Gasteiger partial charge in [-0.2, -0.15) is 0 Å². The molecule has 2 aliphatic rings. The summed E-state index contributed by atoms with van der Waals surface area (Å²) in [5.74, 6) is -0.665. The van der Waals surface area contributed by atoms with Crippen LogP contribution in [0.2, 0.25) is 0 Å². The Balaban J connectivity index is 1.49. The molecule has 29 heavy (non-hydrogen) atoms. The van der Waals surface area contributed by atoms with Gasteiger partial charge in [0.2, 0.25) is 12.4 Å². The molecule has 0 aliphatic carbocycles. The molecule has 0 aromatic heterocycles. The van der Waals surface area contributed by atoms with Crippen molar-refractivity contribution in [2.24, 2.45) is 5.16 Å². The first-order chi connectivity index (χ1) is 14.0. The highest BCUT2D eigenvalue weighted by Crippen LogP contribution is 2.35. The lowest BCUT2D eigenvalue weighted by Gasteiger charge is -2.23. The van der Waals surface area contributed by atoms with E-state index in [9.17, 15) is 14.7 Å². The van der Waals surface area contributed by atoms with Crippen molar-refractivity contribution in [1.29, 1.82) is 0 Å². The maximum absolute atomic E-state index is 12.9. The Kier molecular flexibility index (Phi) is 4.90. The van der Waals surface area contributed by atoms with Crippen LogP contribution < -0.4 is 14.8 Å². The molecule has 2 heterocycles. The molecule has 0 bridgehead atoms. The summed E-state index contributed by atoms with van der Waals surface area (Å²) in [7, 11) is 0. The molecular weight excluding hydrogens is 376 g/mol. The Morgan fingerprint density at radius 1 is 1.10 bits per heavy atom. The van der Waals surface area contributed by atoms with Crippen LogP contribution in [-0.4, -0.2) is 35.1 Å². The Morgan fingerprint density at radius 3 is 2.69 bits per heavy atom. The van der Waals surface area contributed by atoms with Gasteiger partial charge in [0.15, 0.2) is 11.5 Å². The Bertz CT molecular complexity index is 1000. The van der Waals surface area contributed by atoms with Gasteiger partial charge in [0, 0.05) is 18.2 Å². The number of amides is 1. The molecule has 8 heteroatoms. The van der Waals surface area contributed by atoms with Crippen LogP contribution in [0.15, 0.2) is 59.8 Å². The van der Waals surface area contributed by atoms with E-state index in [4.69, 9.17) is 14.3 Å². The highest BCUT2D eigenvalue weighted by atomic mass is 16.7. The number of oxime groups is 1. The summed E-state index contributed by atoms with van der Waals surface area (Å²) in [6, 6.07) is 14.5. The van der Waals surface area contributed by atoms with Gasteiger partial charge >= 0.3 is 5.97 Å². The molecule has 2 N–H and O–H groups in total. The fraction of sp³-hybridized carbons (Fsp3) is 0.190. The van der Waals surface area contributed by atoms with Gasteiger partial charge in [-0.1, -0.05) is 41.6 Å². The summed E-state index contributed by atoms with van der Waals surface area (Å²) in [5.41, 5.74) is 0.256. The van der Waals surface area contributed by atoms with E-state index in [1.54, 1.807) is 24.3 Å². The van der Waals surface area contributed by atoms with Crippen LogP contribution in [0.5, 0.6) is 11.5 Å². The van der Waals surface area contributed by atoms with E-state index in [-0.39, 0.29) is 13.2 Å². The van der Waals surface area contributed by atoms with Gasteiger partial charge in [0.25, 0.3) is 5.91 Å². The maximum Gasteiger partial charge on any atom is 0.308 e. The number of carboxylic acids is 1. The van der Waals surface area contributed by atoms with Crippen molar-refractivity contribution >= 4 is 29.4 Å². The number of hydrogen-bond donors (Lipinski definition) is 2. The lowest BCUT2D eigenvalue weighted by molar-refractivity contribution is -0.152. The van der Waals surface area contributed by atoms with Crippen molar-refractivity contribution in [1.82, 2.24) is 0 Å². The molecule has 1 amide bonds. The number of carbonyl (C=O) groups excluding carboxylic acids is 1. The van der Waals surface area contributed by atoms with Crippen molar-refractivity contribution in [3.05, 3.63) is 60.2 Å². The second-order valence-electron chi connectivity index (χ2n) is 6.68. The second kappa shape index (κ2) is 7.67. The lowest BCUT2D eigenvalue weighted by Crippen LogP contribution is -2.45. The number of hydrogen-bond acceptors (Lipinski definition) is 6. The minimum atomic E-state index is -1.63. The maximum atomic E-state index is 12.9. The van der Waals surface area contributed by atoms with Gasteiger partial charge in [-0.05, 0) is 23.8 Å². The third-order valence-corrected chi connectivity index (χ3v) is 4.55. The van der Waals surface area contributed by atoms with E-state index in [2.05, 4.69) is 10.5 Å². The van der Waals surface area contributed by atoms with E-state index in [0.29, 0.717) is 22.9 Å². The molecule has 0 spiro atoms. The number of allylic oxidation sites excluding steroid dienone is 1. The summed E-state index contributed by atoms with van der Waals surface area (Å²) >= 11 is 0. The van der Waals surface area contributed by atoms with Crippen molar-refractivity contribution in [3.8, 4) is 11.5 Å². The molecule has 2 aromatic rings. The average Bonchev–Trinajstić information content (AvgIpc) is 3.34. The van der Waals surface area contributed by atoms with E-state index >= 15 is 0 Å². The molecule has 0 fully saturated rings. The second-order valence-corrected chi connectivity index (χ2v) is 6.68. The summed E-state index contributed by atoms with van der Waals surface area (Å²) in [6.45, 7) is 0.115. The lowest BCUT2D eigenvalue weighted by atomic mass is 9.92. The number of nitrogens with one attached hydrogen (secondary N) is 1. The summed E-state index contributed by atoms with van der Waals surface area (Å²) in [4.78, 5) is 29.7. The van der Waals surface area contributed by atoms with Crippen LogP contribution in [0.4, 0.5) is 5.69 Å². The predicted molar refractivity (Wildman–Crippen MR) is 105 cm³/mol. The molecule has 0 saturated heterocycles. The third kappa shape index (κ3) is 4.06. The summed E-state index contributed by atoms with van der Waals surface area (Å²) in [6.07, 6.45) is 3.07. The normalized spacial score (nSPS) is 19.7. The number of fused-ring (bicyclic) bond motifs is 1. The zero-order valence-corrected chi connectivity index (χ0v) is 15.3. The van der Waals surface area contributed by atoms with Crippen molar-refractivity contribution in [2.45, 2.75) is 18.4 Å². The molecule has 1 unspecified atom stereocenters. The van der Waals surface area contributed by atoms with E-state index in [1.807, 2.05) is 36.4 Å². The van der Waals surface area contributed by atoms with Gasteiger partial charge in [0.05, 0.1) is 12.1 Å². The number of aliphatic carboxylic acids is 1. The number of rotatable bonds is 6. The molecule has 0 radical (unpaired) electrons. The van der Waals surface area contributed by atoms with E-state index < -0.39 is 23.9 Å². The SMILES string of the molecule is O=C(O)CC1(C(=O)Nc2ccc3c(c2)OCO3)CC(C=Cc2ccccc2)=NO1. The van der Waals surface area contributed by atoms with Crippen LogP contribution in [-0.2, 0) is 14.4 Å². The van der Waals surface area contributed by atoms with Crippen molar-refractivity contribution in [2.75, 3.05) is 12.1 Å². The largest absolute Gasteiger partial charge is 0.481 e. The third-order valence-electron chi connectivity index (χ3n) is 4.55. The molecule has 148 valence electrons. The first-order valence-electron chi connectivity index (χ1n) is 8.95. The smallest absolute Gasteiger partial charge is 0.308 e. The zero-order valence-electron chi connectivity index (χ0n) is 15.3. The highest BCUT2D eigenvalue weighted by Gasteiger charge is 2.48. The molecule has 4 rings (SSSR count). The number of carbonyl (C=O) groups is 2. The van der Waals surface area contributed by atoms with Crippen LogP contribution in [0.3, 0.4) is 0 Å². The number of nitrogens with zero attached hydrogens (tertiary/aromatic N) is 1. The Hall–Kier alpha value is -3.81. The van der Waals surface area contributed by atoms with Crippen LogP contribution >= 0.6 is 0 Å². The molecule has 0 saturated carbocycles. The zero-order chi connectivity index (χ0) is 20.3. The number of anilines is 1. The Morgan fingerprint density at radius 2 is 1.90 bits per heavy atom. The molecule has 2 aliphatic heterocycles.